The maximum absolute atomic E-state index is 11.4. The van der Waals surface area contributed by atoms with Gasteiger partial charge in [0.15, 0.2) is 23.0 Å². The second-order valence-corrected chi connectivity index (χ2v) is 5.81. The van der Waals surface area contributed by atoms with Crippen molar-refractivity contribution in [3.8, 4) is 23.0 Å². The number of hydrogen-bond acceptors (Lipinski definition) is 7. The summed E-state index contributed by atoms with van der Waals surface area (Å²) in [7, 11) is 2.81. The highest BCUT2D eigenvalue weighted by atomic mass is 16.6. The first-order chi connectivity index (χ1) is 13.7. The number of rotatable bonds is 7. The average Bonchev–Trinajstić information content (AvgIpc) is 2.66. The Morgan fingerprint density at radius 1 is 0.759 bits per heavy atom. The second-order valence-electron chi connectivity index (χ2n) is 5.81. The Labute approximate surface area is 167 Å². The fourth-order valence-electron chi connectivity index (χ4n) is 2.61. The molecule has 152 valence electrons. The maximum Gasteiger partial charge on any atom is 0.328 e. The van der Waals surface area contributed by atoms with Crippen LogP contribution in [0.5, 0.6) is 23.0 Å². The van der Waals surface area contributed by atoms with E-state index in [-0.39, 0.29) is 23.0 Å². The molecule has 2 aromatic rings. The van der Waals surface area contributed by atoms with E-state index in [1.807, 2.05) is 0 Å². The van der Waals surface area contributed by atoms with Gasteiger partial charge < -0.3 is 24.1 Å². The quantitative estimate of drug-likeness (QED) is 0.429. The van der Waals surface area contributed by atoms with Gasteiger partial charge in [-0.15, -0.1) is 0 Å². The van der Waals surface area contributed by atoms with Crippen molar-refractivity contribution in [3.05, 3.63) is 53.6 Å². The molecule has 1 N–H and O–H groups in total. The van der Waals surface area contributed by atoms with Crippen LogP contribution in [0.25, 0.3) is 5.57 Å². The summed E-state index contributed by atoms with van der Waals surface area (Å²) in [5, 5.41) is 9.33. The minimum absolute atomic E-state index is 0.209. The van der Waals surface area contributed by atoms with E-state index in [2.05, 4.69) is 0 Å². The fourth-order valence-corrected chi connectivity index (χ4v) is 2.61. The summed E-state index contributed by atoms with van der Waals surface area (Å²) < 4.78 is 20.7. The lowest BCUT2D eigenvalue weighted by atomic mass is 9.96. The molecule has 0 atom stereocenters. The Morgan fingerprint density at radius 2 is 1.17 bits per heavy atom. The Bertz CT molecular complexity index is 905. The number of hydrogen-bond donors (Lipinski definition) is 1. The molecule has 0 aliphatic carbocycles. The van der Waals surface area contributed by atoms with Gasteiger partial charge in [0.25, 0.3) is 0 Å². The highest BCUT2D eigenvalue weighted by molar-refractivity contribution is 5.96. The van der Waals surface area contributed by atoms with Gasteiger partial charge in [0.05, 0.1) is 14.2 Å². The SMILES string of the molecule is COc1cc(C(=CC(=O)O)c2ccc(OC(C)=O)c(OC)c2)ccc1OC(C)=O. The summed E-state index contributed by atoms with van der Waals surface area (Å²) >= 11 is 0. The van der Waals surface area contributed by atoms with Crippen LogP contribution in [0.15, 0.2) is 42.5 Å². The molecule has 0 saturated carbocycles. The summed E-state index contributed by atoms with van der Waals surface area (Å²) in [6, 6.07) is 9.33. The molecule has 0 unspecified atom stereocenters. The summed E-state index contributed by atoms with van der Waals surface area (Å²) in [4.78, 5) is 33.9. The summed E-state index contributed by atoms with van der Waals surface area (Å²) in [5.41, 5.74) is 1.35. The third-order valence-electron chi connectivity index (χ3n) is 3.72. The number of carboxylic acid groups (broad SMARTS) is 1. The van der Waals surface area contributed by atoms with Crippen molar-refractivity contribution in [1.82, 2.24) is 0 Å². The molecular formula is C21H20O8. The van der Waals surface area contributed by atoms with E-state index in [1.54, 1.807) is 24.3 Å². The highest BCUT2D eigenvalue weighted by Crippen LogP contribution is 2.36. The van der Waals surface area contributed by atoms with Crippen LogP contribution in [0.1, 0.15) is 25.0 Å². The number of ether oxygens (including phenoxy) is 4. The van der Waals surface area contributed by atoms with E-state index < -0.39 is 17.9 Å². The average molecular weight is 400 g/mol. The minimum Gasteiger partial charge on any atom is -0.493 e. The van der Waals surface area contributed by atoms with Crippen molar-refractivity contribution in [3.63, 3.8) is 0 Å². The van der Waals surface area contributed by atoms with E-state index >= 15 is 0 Å². The molecule has 0 aromatic heterocycles. The van der Waals surface area contributed by atoms with Crippen molar-refractivity contribution in [1.29, 1.82) is 0 Å². The Kier molecular flexibility index (Phi) is 6.97. The monoisotopic (exact) mass is 400 g/mol. The molecule has 29 heavy (non-hydrogen) atoms. The van der Waals surface area contributed by atoms with E-state index in [9.17, 15) is 19.5 Å². The van der Waals surface area contributed by atoms with Gasteiger partial charge in [0.1, 0.15) is 0 Å². The van der Waals surface area contributed by atoms with Crippen molar-refractivity contribution in [2.24, 2.45) is 0 Å². The molecule has 0 aliphatic heterocycles. The molecule has 0 spiro atoms. The topological polar surface area (TPSA) is 108 Å². The molecule has 0 aliphatic rings. The van der Waals surface area contributed by atoms with Crippen LogP contribution in [0.4, 0.5) is 0 Å². The van der Waals surface area contributed by atoms with Gasteiger partial charge in [0.2, 0.25) is 0 Å². The van der Waals surface area contributed by atoms with Crippen molar-refractivity contribution < 1.29 is 38.4 Å². The van der Waals surface area contributed by atoms with Crippen LogP contribution in [0, 0.1) is 0 Å². The summed E-state index contributed by atoms with van der Waals surface area (Å²) in [5.74, 6) is -1.24. The van der Waals surface area contributed by atoms with Gasteiger partial charge in [-0.3, -0.25) is 9.59 Å². The zero-order valence-corrected chi connectivity index (χ0v) is 16.3. The van der Waals surface area contributed by atoms with Crippen LogP contribution in [0.3, 0.4) is 0 Å². The zero-order chi connectivity index (χ0) is 21.6. The maximum atomic E-state index is 11.4. The molecule has 0 saturated heterocycles. The first-order valence-corrected chi connectivity index (χ1v) is 8.43. The third kappa shape index (κ3) is 5.58. The van der Waals surface area contributed by atoms with Crippen LogP contribution < -0.4 is 18.9 Å². The van der Waals surface area contributed by atoms with Crippen LogP contribution in [0.2, 0.25) is 0 Å². The number of methoxy groups -OCH3 is 2. The smallest absolute Gasteiger partial charge is 0.328 e. The van der Waals surface area contributed by atoms with Gasteiger partial charge in [-0.1, -0.05) is 12.1 Å². The van der Waals surface area contributed by atoms with Gasteiger partial charge in [-0.05, 0) is 41.0 Å². The molecule has 8 heteroatoms. The summed E-state index contributed by atoms with van der Waals surface area (Å²) in [6.07, 6.45) is 1.03. The normalized spacial score (nSPS) is 9.93. The number of esters is 2. The van der Waals surface area contributed by atoms with Crippen molar-refractivity contribution in [2.75, 3.05) is 14.2 Å². The second kappa shape index (κ2) is 9.41. The lowest BCUT2D eigenvalue weighted by Crippen LogP contribution is -2.04. The molecule has 2 aromatic carbocycles. The molecule has 0 heterocycles. The predicted octanol–water partition coefficient (Wildman–Crippen LogP) is 3.07. The van der Waals surface area contributed by atoms with Crippen LogP contribution >= 0.6 is 0 Å². The largest absolute Gasteiger partial charge is 0.493 e. The first kappa shape index (κ1) is 21.5. The number of carbonyl (C=O) groups is 3. The lowest BCUT2D eigenvalue weighted by Gasteiger charge is -2.14. The van der Waals surface area contributed by atoms with Crippen molar-refractivity contribution >= 4 is 23.5 Å². The highest BCUT2D eigenvalue weighted by Gasteiger charge is 2.16. The van der Waals surface area contributed by atoms with Gasteiger partial charge in [-0.2, -0.15) is 0 Å². The van der Waals surface area contributed by atoms with Gasteiger partial charge in [0, 0.05) is 19.9 Å². The minimum atomic E-state index is -1.16. The molecule has 0 fully saturated rings. The van der Waals surface area contributed by atoms with E-state index in [4.69, 9.17) is 18.9 Å². The first-order valence-electron chi connectivity index (χ1n) is 8.43. The Hall–Kier alpha value is -3.81. The molecule has 0 bridgehead atoms. The Balaban J connectivity index is 2.57. The van der Waals surface area contributed by atoms with Crippen LogP contribution in [-0.2, 0) is 14.4 Å². The zero-order valence-electron chi connectivity index (χ0n) is 16.3. The van der Waals surface area contributed by atoms with Gasteiger partial charge >= 0.3 is 17.9 Å². The third-order valence-corrected chi connectivity index (χ3v) is 3.72. The molecule has 0 radical (unpaired) electrons. The number of carboxylic acids is 1. The number of carbonyl (C=O) groups excluding carboxylic acids is 2. The number of benzene rings is 2. The standard InChI is InChI=1S/C21H20O8/c1-12(22)28-17-7-5-14(9-19(17)26-3)16(11-21(24)25)15-6-8-18(29-13(2)23)20(10-15)27-4/h5-11H,1-4H3,(H,24,25). The molecule has 2 rings (SSSR count). The van der Waals surface area contributed by atoms with Crippen molar-refractivity contribution in [2.45, 2.75) is 13.8 Å². The van der Waals surface area contributed by atoms with Gasteiger partial charge in [-0.25, -0.2) is 4.79 Å². The predicted molar refractivity (Wildman–Crippen MR) is 103 cm³/mol. The molecule has 8 nitrogen and oxygen atoms in total. The van der Waals surface area contributed by atoms with E-state index in [1.165, 1.54) is 40.2 Å². The van der Waals surface area contributed by atoms with E-state index in [0.29, 0.717) is 16.7 Å². The summed E-state index contributed by atoms with van der Waals surface area (Å²) in [6.45, 7) is 2.53. The van der Waals surface area contributed by atoms with Crippen LogP contribution in [-0.4, -0.2) is 37.2 Å². The van der Waals surface area contributed by atoms with E-state index in [0.717, 1.165) is 6.08 Å². The number of aliphatic carboxylic acids is 1. The fraction of sp³-hybridized carbons (Fsp3) is 0.190. The molecule has 0 amide bonds. The molecular weight excluding hydrogens is 380 g/mol. The Morgan fingerprint density at radius 3 is 1.48 bits per heavy atom. The lowest BCUT2D eigenvalue weighted by molar-refractivity contribution is -0.132.